The normalized spacial score (nSPS) is 17.5. The molecule has 1 atom stereocenters. The van der Waals surface area contributed by atoms with Crippen LogP contribution in [0.3, 0.4) is 0 Å². The molecule has 0 spiro atoms. The van der Waals surface area contributed by atoms with Crippen molar-refractivity contribution in [2.24, 2.45) is 0 Å². The van der Waals surface area contributed by atoms with Gasteiger partial charge in [0.05, 0.1) is 11.6 Å². The topological polar surface area (TPSA) is 83.1 Å². The van der Waals surface area contributed by atoms with Crippen molar-refractivity contribution in [3.8, 4) is 0 Å². The Kier molecular flexibility index (Phi) is 4.07. The number of amides is 3. The van der Waals surface area contributed by atoms with Crippen molar-refractivity contribution in [2.45, 2.75) is 13.0 Å². The van der Waals surface area contributed by atoms with Crippen LogP contribution in [0.2, 0.25) is 0 Å². The third kappa shape index (κ3) is 3.21. The first-order valence-electron chi connectivity index (χ1n) is 6.79. The number of hydrogen-bond donors (Lipinski definition) is 3. The number of hydrogen-bond acceptors (Lipinski definition) is 4. The fraction of sp³-hybridized carbons (Fsp3) is 0.133. The van der Waals surface area contributed by atoms with Gasteiger partial charge in [0.2, 0.25) is 0 Å². The number of thiazole rings is 1. The molecule has 0 aliphatic carbocycles. The summed E-state index contributed by atoms with van der Waals surface area (Å²) in [5.74, 6) is -0.761. The molecule has 2 aromatic rings. The monoisotopic (exact) mass is 332 g/mol. The Morgan fingerprint density at radius 1 is 1.35 bits per heavy atom. The van der Waals surface area contributed by atoms with Crippen LogP contribution in [0.4, 0.5) is 14.3 Å². The number of aromatic nitrogens is 1. The van der Waals surface area contributed by atoms with E-state index in [1.54, 1.807) is 18.5 Å². The fourth-order valence-corrected chi connectivity index (χ4v) is 2.87. The van der Waals surface area contributed by atoms with Crippen LogP contribution >= 0.6 is 11.3 Å². The molecule has 0 radical (unpaired) electrons. The van der Waals surface area contributed by atoms with Gasteiger partial charge in [-0.15, -0.1) is 11.3 Å². The number of urea groups is 1. The van der Waals surface area contributed by atoms with Gasteiger partial charge in [-0.2, -0.15) is 0 Å². The summed E-state index contributed by atoms with van der Waals surface area (Å²) in [7, 11) is 0. The molecule has 0 saturated heterocycles. The second-order valence-corrected chi connectivity index (χ2v) is 5.81. The molecule has 118 valence electrons. The van der Waals surface area contributed by atoms with Gasteiger partial charge in [0.1, 0.15) is 5.82 Å². The molecule has 0 saturated carbocycles. The minimum atomic E-state index is -0.663. The number of rotatable bonds is 3. The highest BCUT2D eigenvalue weighted by Crippen LogP contribution is 2.28. The Morgan fingerprint density at radius 2 is 2.09 bits per heavy atom. The van der Waals surface area contributed by atoms with Gasteiger partial charge < -0.3 is 10.6 Å². The second-order valence-electron chi connectivity index (χ2n) is 4.91. The van der Waals surface area contributed by atoms with Gasteiger partial charge in [-0.3, -0.25) is 10.1 Å². The molecule has 1 aromatic carbocycles. The minimum absolute atomic E-state index is 0.353. The molecule has 2 heterocycles. The Morgan fingerprint density at radius 3 is 2.74 bits per heavy atom. The first-order chi connectivity index (χ1) is 11.0. The zero-order chi connectivity index (χ0) is 16.4. The molecular weight excluding hydrogens is 319 g/mol. The fourth-order valence-electron chi connectivity index (χ4n) is 2.35. The van der Waals surface area contributed by atoms with Crippen LogP contribution in [0, 0.1) is 5.82 Å². The highest BCUT2D eigenvalue weighted by Gasteiger charge is 2.31. The molecule has 0 fully saturated rings. The quantitative estimate of drug-likeness (QED) is 0.808. The van der Waals surface area contributed by atoms with E-state index in [9.17, 15) is 14.0 Å². The van der Waals surface area contributed by atoms with Gasteiger partial charge in [-0.25, -0.2) is 14.2 Å². The molecule has 3 amide bonds. The standard InChI is InChI=1S/C15H13FN4O2S/c1-8-11(13(21)20-15-17-6-7-23-15)12(19-14(22)18-8)9-2-4-10(16)5-3-9/h2-7,12H,1H3,(H,17,20,21)(H2,18,19,22). The Labute approximate surface area is 135 Å². The molecular formula is C15H13FN4O2S. The number of carbonyl (C=O) groups is 2. The predicted molar refractivity (Wildman–Crippen MR) is 84.3 cm³/mol. The molecule has 8 heteroatoms. The predicted octanol–water partition coefficient (Wildman–Crippen LogP) is 2.55. The number of nitrogens with zero attached hydrogens (tertiary/aromatic N) is 1. The lowest BCUT2D eigenvalue weighted by Crippen LogP contribution is -2.45. The molecule has 23 heavy (non-hydrogen) atoms. The van der Waals surface area contributed by atoms with Crippen LogP contribution in [0.25, 0.3) is 0 Å². The van der Waals surface area contributed by atoms with Gasteiger partial charge >= 0.3 is 6.03 Å². The minimum Gasteiger partial charge on any atom is -0.327 e. The van der Waals surface area contributed by atoms with E-state index in [0.29, 0.717) is 22.0 Å². The lowest BCUT2D eigenvalue weighted by Gasteiger charge is -2.28. The first kappa shape index (κ1) is 15.2. The number of carbonyl (C=O) groups excluding carboxylic acids is 2. The van der Waals surface area contributed by atoms with Gasteiger partial charge in [-0.05, 0) is 24.6 Å². The van der Waals surface area contributed by atoms with E-state index < -0.39 is 12.1 Å². The molecule has 3 N–H and O–H groups in total. The van der Waals surface area contributed by atoms with Crippen molar-refractivity contribution in [3.05, 3.63) is 58.5 Å². The van der Waals surface area contributed by atoms with Crippen LogP contribution in [0.15, 0.2) is 47.1 Å². The average molecular weight is 332 g/mol. The maximum Gasteiger partial charge on any atom is 0.319 e. The lowest BCUT2D eigenvalue weighted by molar-refractivity contribution is -0.113. The number of benzene rings is 1. The molecule has 3 rings (SSSR count). The maximum absolute atomic E-state index is 13.1. The molecule has 1 aromatic heterocycles. The largest absolute Gasteiger partial charge is 0.327 e. The summed E-state index contributed by atoms with van der Waals surface area (Å²) in [5.41, 5.74) is 1.41. The summed E-state index contributed by atoms with van der Waals surface area (Å²) < 4.78 is 13.1. The van der Waals surface area contributed by atoms with Gasteiger partial charge in [0.25, 0.3) is 5.91 Å². The number of allylic oxidation sites excluding steroid dienone is 1. The number of halogens is 1. The van der Waals surface area contributed by atoms with E-state index in [2.05, 4.69) is 20.9 Å². The van der Waals surface area contributed by atoms with E-state index in [0.717, 1.165) is 0 Å². The summed E-state index contributed by atoms with van der Waals surface area (Å²) in [6.07, 6.45) is 1.58. The summed E-state index contributed by atoms with van der Waals surface area (Å²) in [5, 5.41) is 10.2. The summed E-state index contributed by atoms with van der Waals surface area (Å²) in [4.78, 5) is 28.3. The van der Waals surface area contributed by atoms with Gasteiger partial charge in [0, 0.05) is 17.3 Å². The van der Waals surface area contributed by atoms with E-state index >= 15 is 0 Å². The third-order valence-electron chi connectivity index (χ3n) is 3.37. The number of anilines is 1. The van der Waals surface area contributed by atoms with Crippen LogP contribution in [0.1, 0.15) is 18.5 Å². The van der Waals surface area contributed by atoms with Crippen LogP contribution in [-0.4, -0.2) is 16.9 Å². The zero-order valence-corrected chi connectivity index (χ0v) is 12.9. The zero-order valence-electron chi connectivity index (χ0n) is 12.1. The Hall–Kier alpha value is -2.74. The van der Waals surface area contributed by atoms with E-state index in [4.69, 9.17) is 0 Å². The smallest absolute Gasteiger partial charge is 0.319 e. The van der Waals surface area contributed by atoms with Crippen molar-refractivity contribution in [1.29, 1.82) is 0 Å². The van der Waals surface area contributed by atoms with E-state index in [-0.39, 0.29) is 11.7 Å². The van der Waals surface area contributed by atoms with Crippen molar-refractivity contribution in [1.82, 2.24) is 15.6 Å². The van der Waals surface area contributed by atoms with Crippen molar-refractivity contribution >= 4 is 28.4 Å². The van der Waals surface area contributed by atoms with Gasteiger partial charge in [-0.1, -0.05) is 12.1 Å². The molecule has 0 bridgehead atoms. The second kappa shape index (κ2) is 6.17. The first-order valence-corrected chi connectivity index (χ1v) is 7.67. The molecule has 1 aliphatic rings. The summed E-state index contributed by atoms with van der Waals surface area (Å²) in [6, 6.07) is 4.57. The highest BCUT2D eigenvalue weighted by molar-refractivity contribution is 7.13. The maximum atomic E-state index is 13.1. The van der Waals surface area contributed by atoms with Gasteiger partial charge in [0.15, 0.2) is 5.13 Å². The average Bonchev–Trinajstić information content (AvgIpc) is 3.00. The lowest BCUT2D eigenvalue weighted by atomic mass is 9.95. The Balaban J connectivity index is 1.95. The van der Waals surface area contributed by atoms with Crippen molar-refractivity contribution in [2.75, 3.05) is 5.32 Å². The van der Waals surface area contributed by atoms with Crippen molar-refractivity contribution < 1.29 is 14.0 Å². The van der Waals surface area contributed by atoms with E-state index in [1.165, 1.54) is 35.6 Å². The molecule has 1 unspecified atom stereocenters. The third-order valence-corrected chi connectivity index (χ3v) is 4.06. The number of nitrogens with one attached hydrogen (secondary N) is 3. The highest BCUT2D eigenvalue weighted by atomic mass is 32.1. The SMILES string of the molecule is CC1=C(C(=O)Nc2nccs2)C(c2ccc(F)cc2)NC(=O)N1. The Bertz CT molecular complexity index is 771. The van der Waals surface area contributed by atoms with E-state index in [1.807, 2.05) is 0 Å². The molecule has 1 aliphatic heterocycles. The van der Waals surface area contributed by atoms with Crippen LogP contribution < -0.4 is 16.0 Å². The summed E-state index contributed by atoms with van der Waals surface area (Å²) in [6.45, 7) is 1.64. The molecule has 6 nitrogen and oxygen atoms in total. The summed E-state index contributed by atoms with van der Waals surface area (Å²) >= 11 is 1.29. The van der Waals surface area contributed by atoms with Crippen LogP contribution in [-0.2, 0) is 4.79 Å². The van der Waals surface area contributed by atoms with Crippen molar-refractivity contribution in [3.63, 3.8) is 0 Å². The van der Waals surface area contributed by atoms with Crippen LogP contribution in [0.5, 0.6) is 0 Å².